The number of benzene rings is 2. The molecule has 5 nitrogen and oxygen atoms in total. The highest BCUT2D eigenvalue weighted by Crippen LogP contribution is 2.24. The molecule has 2 aromatic heterocycles. The fourth-order valence-corrected chi connectivity index (χ4v) is 4.44. The minimum atomic E-state index is -0.130. The van der Waals surface area contributed by atoms with Gasteiger partial charge in [0, 0.05) is 33.8 Å². The largest absolute Gasteiger partial charge is 0.326 e. The topological polar surface area (TPSA) is 59.8 Å². The lowest BCUT2D eigenvalue weighted by Gasteiger charge is -2.06. The van der Waals surface area contributed by atoms with Gasteiger partial charge in [-0.2, -0.15) is 5.10 Å². The number of nitrogens with zero attached hydrogens (tertiary/aromatic N) is 3. The van der Waals surface area contributed by atoms with E-state index in [9.17, 15) is 4.79 Å². The lowest BCUT2D eigenvalue weighted by atomic mass is 10.0. The lowest BCUT2D eigenvalue weighted by Crippen LogP contribution is -2.14. The Morgan fingerprint density at radius 2 is 1.90 bits per heavy atom. The van der Waals surface area contributed by atoms with Gasteiger partial charge in [0.25, 0.3) is 0 Å². The maximum Gasteiger partial charge on any atom is 0.230 e. The fraction of sp³-hybridized carbons (Fsp3) is 0.208. The number of hydrogen-bond acceptors (Lipinski definition) is 4. The van der Waals surface area contributed by atoms with Crippen LogP contribution in [-0.4, -0.2) is 20.7 Å². The number of amides is 1. The van der Waals surface area contributed by atoms with Gasteiger partial charge in [0.1, 0.15) is 0 Å². The average Bonchev–Trinajstić information content (AvgIpc) is 3.31. The summed E-state index contributed by atoms with van der Waals surface area (Å²) in [4.78, 5) is 17.1. The normalized spacial score (nSPS) is 11.0. The molecule has 1 N–H and O–H groups in total. The van der Waals surface area contributed by atoms with Gasteiger partial charge in [0.05, 0.1) is 17.8 Å². The molecule has 1 amide bonds. The molecule has 0 bridgehead atoms. The van der Waals surface area contributed by atoms with Crippen LogP contribution in [0.4, 0.5) is 5.69 Å². The van der Waals surface area contributed by atoms with Gasteiger partial charge in [-0.1, -0.05) is 48.0 Å². The molecular weight excluding hydrogens is 428 g/mol. The van der Waals surface area contributed by atoms with Gasteiger partial charge in [-0.3, -0.25) is 4.79 Å². The van der Waals surface area contributed by atoms with Crippen LogP contribution in [0.15, 0.2) is 53.9 Å². The SMILES string of the molecule is Cc1ccc(NC(=O)Cc2csc(-n3nc(C)c(Cc4ccccc4)c3C)n2)cc1Cl. The lowest BCUT2D eigenvalue weighted by molar-refractivity contribution is -0.115. The molecule has 7 heteroatoms. The Balaban J connectivity index is 1.48. The van der Waals surface area contributed by atoms with E-state index in [-0.39, 0.29) is 12.3 Å². The number of aromatic nitrogens is 3. The molecule has 0 spiro atoms. The second-order valence-electron chi connectivity index (χ2n) is 7.53. The molecule has 0 aliphatic heterocycles. The number of thiazole rings is 1. The minimum Gasteiger partial charge on any atom is -0.326 e. The first-order valence-corrected chi connectivity index (χ1v) is 11.3. The molecule has 0 fully saturated rings. The van der Waals surface area contributed by atoms with E-state index < -0.39 is 0 Å². The summed E-state index contributed by atoms with van der Waals surface area (Å²) in [5.74, 6) is -0.130. The van der Waals surface area contributed by atoms with Crippen LogP contribution >= 0.6 is 22.9 Å². The maximum absolute atomic E-state index is 12.4. The molecule has 0 radical (unpaired) electrons. The molecule has 4 rings (SSSR count). The Bertz CT molecular complexity index is 1230. The zero-order chi connectivity index (χ0) is 22.0. The summed E-state index contributed by atoms with van der Waals surface area (Å²) < 4.78 is 1.87. The molecule has 31 heavy (non-hydrogen) atoms. The first-order valence-electron chi connectivity index (χ1n) is 10.0. The Morgan fingerprint density at radius 3 is 2.65 bits per heavy atom. The number of rotatable bonds is 6. The summed E-state index contributed by atoms with van der Waals surface area (Å²) in [6, 6.07) is 15.8. The Morgan fingerprint density at radius 1 is 1.13 bits per heavy atom. The molecule has 0 atom stereocenters. The number of nitrogens with one attached hydrogen (secondary N) is 1. The van der Waals surface area contributed by atoms with E-state index in [0.29, 0.717) is 16.4 Å². The Kier molecular flexibility index (Phi) is 6.20. The predicted molar refractivity (Wildman–Crippen MR) is 126 cm³/mol. The van der Waals surface area contributed by atoms with Crippen molar-refractivity contribution in [3.8, 4) is 5.13 Å². The van der Waals surface area contributed by atoms with Crippen molar-refractivity contribution in [3.63, 3.8) is 0 Å². The van der Waals surface area contributed by atoms with Crippen LogP contribution in [0.2, 0.25) is 5.02 Å². The number of carbonyl (C=O) groups excluding carboxylic acids is 1. The Hall–Kier alpha value is -2.96. The molecule has 4 aromatic rings. The minimum absolute atomic E-state index is 0.130. The van der Waals surface area contributed by atoms with Crippen LogP contribution in [0.1, 0.15) is 33.8 Å². The summed E-state index contributed by atoms with van der Waals surface area (Å²) in [5.41, 5.74) is 6.89. The van der Waals surface area contributed by atoms with E-state index in [4.69, 9.17) is 16.7 Å². The molecule has 0 unspecified atom stereocenters. The zero-order valence-electron chi connectivity index (χ0n) is 17.6. The van der Waals surface area contributed by atoms with E-state index in [2.05, 4.69) is 29.4 Å². The third-order valence-electron chi connectivity index (χ3n) is 5.18. The van der Waals surface area contributed by atoms with Crippen molar-refractivity contribution < 1.29 is 4.79 Å². The van der Waals surface area contributed by atoms with Crippen molar-refractivity contribution in [1.29, 1.82) is 0 Å². The molecule has 158 valence electrons. The van der Waals surface area contributed by atoms with Gasteiger partial charge in [-0.15, -0.1) is 11.3 Å². The third-order valence-corrected chi connectivity index (χ3v) is 6.46. The maximum atomic E-state index is 12.4. The van der Waals surface area contributed by atoms with E-state index in [1.54, 1.807) is 6.07 Å². The highest BCUT2D eigenvalue weighted by atomic mass is 35.5. The average molecular weight is 451 g/mol. The second kappa shape index (κ2) is 9.04. The third kappa shape index (κ3) is 4.86. The van der Waals surface area contributed by atoms with Gasteiger partial charge in [0.2, 0.25) is 11.0 Å². The van der Waals surface area contributed by atoms with Crippen LogP contribution < -0.4 is 5.32 Å². The van der Waals surface area contributed by atoms with E-state index in [1.807, 2.05) is 54.2 Å². The van der Waals surface area contributed by atoms with Crippen LogP contribution in [-0.2, 0) is 17.6 Å². The van der Waals surface area contributed by atoms with E-state index in [1.165, 1.54) is 22.5 Å². The summed E-state index contributed by atoms with van der Waals surface area (Å²) >= 11 is 7.62. The summed E-state index contributed by atoms with van der Waals surface area (Å²) in [5, 5.41) is 10.9. The summed E-state index contributed by atoms with van der Waals surface area (Å²) in [6.45, 7) is 6.01. The molecule has 0 aliphatic rings. The van der Waals surface area contributed by atoms with Crippen molar-refractivity contribution in [1.82, 2.24) is 14.8 Å². The second-order valence-corrected chi connectivity index (χ2v) is 8.78. The highest BCUT2D eigenvalue weighted by molar-refractivity contribution is 7.12. The van der Waals surface area contributed by atoms with Gasteiger partial charge < -0.3 is 5.32 Å². The van der Waals surface area contributed by atoms with Crippen LogP contribution in [0.3, 0.4) is 0 Å². The van der Waals surface area contributed by atoms with Crippen molar-refractivity contribution in [2.45, 2.75) is 33.6 Å². The van der Waals surface area contributed by atoms with Gasteiger partial charge in [-0.25, -0.2) is 9.67 Å². The molecule has 0 saturated heterocycles. The predicted octanol–water partition coefficient (Wildman–Crippen LogP) is 5.68. The first-order chi connectivity index (χ1) is 14.9. The van der Waals surface area contributed by atoms with Crippen LogP contribution in [0, 0.1) is 20.8 Å². The summed E-state index contributed by atoms with van der Waals surface area (Å²) in [7, 11) is 0. The smallest absolute Gasteiger partial charge is 0.230 e. The van der Waals surface area contributed by atoms with Crippen LogP contribution in [0.5, 0.6) is 0 Å². The highest BCUT2D eigenvalue weighted by Gasteiger charge is 2.16. The van der Waals surface area contributed by atoms with Gasteiger partial charge in [0.15, 0.2) is 0 Å². The van der Waals surface area contributed by atoms with Crippen molar-refractivity contribution in [3.05, 3.63) is 92.7 Å². The Labute approximate surface area is 190 Å². The van der Waals surface area contributed by atoms with Crippen LogP contribution in [0.25, 0.3) is 5.13 Å². The van der Waals surface area contributed by atoms with Crippen molar-refractivity contribution in [2.75, 3.05) is 5.32 Å². The number of hydrogen-bond donors (Lipinski definition) is 1. The molecule has 2 aromatic carbocycles. The van der Waals surface area contributed by atoms with Crippen molar-refractivity contribution >= 4 is 34.5 Å². The molecular formula is C24H23ClN4OS. The first kappa shape index (κ1) is 21.3. The van der Waals surface area contributed by atoms with E-state index >= 15 is 0 Å². The van der Waals surface area contributed by atoms with Crippen molar-refractivity contribution in [2.24, 2.45) is 0 Å². The quantitative estimate of drug-likeness (QED) is 0.411. The van der Waals surface area contributed by atoms with Gasteiger partial charge >= 0.3 is 0 Å². The van der Waals surface area contributed by atoms with Gasteiger partial charge in [-0.05, 0) is 44.0 Å². The zero-order valence-corrected chi connectivity index (χ0v) is 19.2. The monoisotopic (exact) mass is 450 g/mol. The number of anilines is 1. The number of aryl methyl sites for hydroxylation is 2. The molecule has 0 aliphatic carbocycles. The molecule has 2 heterocycles. The number of carbonyl (C=O) groups is 1. The number of halogens is 1. The fourth-order valence-electron chi connectivity index (χ4n) is 3.43. The van der Waals surface area contributed by atoms with E-state index in [0.717, 1.165) is 28.5 Å². The standard InChI is InChI=1S/C24H23ClN4OS/c1-15-9-10-19(12-22(15)25)26-23(30)13-20-14-31-24(27-20)29-17(3)21(16(2)28-29)11-18-7-5-4-6-8-18/h4-10,12,14H,11,13H2,1-3H3,(H,26,30). The summed E-state index contributed by atoms with van der Waals surface area (Å²) in [6.07, 6.45) is 1.02. The molecule has 0 saturated carbocycles.